The highest BCUT2D eigenvalue weighted by atomic mass is 35.5. The van der Waals surface area contributed by atoms with Gasteiger partial charge in [-0.15, -0.1) is 11.6 Å². The van der Waals surface area contributed by atoms with Gasteiger partial charge in [-0.1, -0.05) is 0 Å². The van der Waals surface area contributed by atoms with E-state index < -0.39 is 0 Å². The second-order valence-electron chi connectivity index (χ2n) is 4.28. The molecule has 1 aliphatic heterocycles. The summed E-state index contributed by atoms with van der Waals surface area (Å²) < 4.78 is 5.64. The molecule has 0 aromatic rings. The maximum absolute atomic E-state index is 5.87. The Morgan fingerprint density at radius 1 is 1.38 bits per heavy atom. The quantitative estimate of drug-likeness (QED) is 0.705. The zero-order chi connectivity index (χ0) is 9.15. The third-order valence-corrected chi connectivity index (χ3v) is 3.60. The molecule has 1 saturated heterocycles. The van der Waals surface area contributed by atoms with E-state index in [0.29, 0.717) is 6.10 Å². The van der Waals surface area contributed by atoms with E-state index in [1.54, 1.807) is 0 Å². The summed E-state index contributed by atoms with van der Waals surface area (Å²) in [7, 11) is 0. The Balaban J connectivity index is 1.66. The number of halogens is 1. The second kappa shape index (κ2) is 4.16. The minimum absolute atomic E-state index is 0.280. The number of nitrogens with one attached hydrogen (secondary N) is 1. The fourth-order valence-corrected chi connectivity index (χ4v) is 2.17. The highest BCUT2D eigenvalue weighted by molar-refractivity contribution is 6.18. The van der Waals surface area contributed by atoms with Gasteiger partial charge in [0.05, 0.1) is 6.10 Å². The largest absolute Gasteiger partial charge is 0.377 e. The summed E-state index contributed by atoms with van der Waals surface area (Å²) in [5.41, 5.74) is 0.280. The molecule has 13 heavy (non-hydrogen) atoms. The van der Waals surface area contributed by atoms with Crippen molar-refractivity contribution in [2.75, 3.05) is 19.0 Å². The summed E-state index contributed by atoms with van der Waals surface area (Å²) in [6, 6.07) is 0. The molecule has 2 nitrogen and oxygen atoms in total. The van der Waals surface area contributed by atoms with Crippen molar-refractivity contribution in [2.24, 2.45) is 0 Å². The number of alkyl halides is 1. The Kier molecular flexibility index (Phi) is 3.12. The van der Waals surface area contributed by atoms with Gasteiger partial charge in [-0.25, -0.2) is 0 Å². The van der Waals surface area contributed by atoms with Gasteiger partial charge < -0.3 is 10.1 Å². The topological polar surface area (TPSA) is 21.3 Å². The summed E-state index contributed by atoms with van der Waals surface area (Å²) in [5, 5.41) is 3.53. The van der Waals surface area contributed by atoms with Gasteiger partial charge in [0.15, 0.2) is 0 Å². The van der Waals surface area contributed by atoms with Crippen LogP contribution < -0.4 is 5.32 Å². The molecule has 0 bridgehead atoms. The van der Waals surface area contributed by atoms with E-state index in [9.17, 15) is 0 Å². The predicted octanol–water partition coefficient (Wildman–Crippen LogP) is 1.92. The van der Waals surface area contributed by atoms with E-state index in [-0.39, 0.29) is 5.54 Å². The Hall–Kier alpha value is 0.210. The lowest BCUT2D eigenvalue weighted by molar-refractivity contribution is 0.0152. The van der Waals surface area contributed by atoms with Crippen LogP contribution in [0.3, 0.4) is 0 Å². The van der Waals surface area contributed by atoms with Gasteiger partial charge in [0.2, 0.25) is 0 Å². The lowest BCUT2D eigenvalue weighted by atomic mass is 10.1. The molecule has 0 aromatic heterocycles. The molecule has 0 spiro atoms. The number of rotatable bonds is 4. The fraction of sp³-hybridized carbons (Fsp3) is 1.00. The average Bonchev–Trinajstić information content (AvgIpc) is 2.97. The summed E-state index contributed by atoms with van der Waals surface area (Å²) in [6.07, 6.45) is 6.68. The van der Waals surface area contributed by atoms with Crippen molar-refractivity contribution in [2.45, 2.75) is 43.7 Å². The molecule has 2 rings (SSSR count). The Bertz CT molecular complexity index is 164. The van der Waals surface area contributed by atoms with Crippen molar-refractivity contribution in [1.29, 1.82) is 0 Å². The fourth-order valence-electron chi connectivity index (χ4n) is 1.81. The average molecular weight is 204 g/mol. The molecule has 1 saturated carbocycles. The SMILES string of the molecule is ClCC1(NCC2CCCCO2)CC1. The van der Waals surface area contributed by atoms with Crippen LogP contribution in [0.25, 0.3) is 0 Å². The summed E-state index contributed by atoms with van der Waals surface area (Å²) in [6.45, 7) is 1.94. The molecule has 1 aliphatic carbocycles. The van der Waals surface area contributed by atoms with Crippen molar-refractivity contribution in [3.8, 4) is 0 Å². The number of hydrogen-bond donors (Lipinski definition) is 1. The van der Waals surface area contributed by atoms with Crippen LogP contribution >= 0.6 is 11.6 Å². The van der Waals surface area contributed by atoms with Crippen LogP contribution in [-0.2, 0) is 4.74 Å². The molecular weight excluding hydrogens is 186 g/mol. The van der Waals surface area contributed by atoms with Crippen LogP contribution in [0.2, 0.25) is 0 Å². The lowest BCUT2D eigenvalue weighted by Gasteiger charge is -2.25. The first-order valence-corrected chi connectivity index (χ1v) is 5.81. The van der Waals surface area contributed by atoms with E-state index in [1.807, 2.05) is 0 Å². The Morgan fingerprint density at radius 3 is 2.77 bits per heavy atom. The standard InChI is InChI=1S/C10H18ClNO/c11-8-10(4-5-10)12-7-9-3-1-2-6-13-9/h9,12H,1-8H2. The highest BCUT2D eigenvalue weighted by Crippen LogP contribution is 2.36. The molecule has 1 N–H and O–H groups in total. The maximum Gasteiger partial charge on any atom is 0.0699 e. The van der Waals surface area contributed by atoms with Crippen LogP contribution in [0.15, 0.2) is 0 Å². The molecule has 2 fully saturated rings. The van der Waals surface area contributed by atoms with E-state index >= 15 is 0 Å². The molecule has 1 unspecified atom stereocenters. The normalized spacial score (nSPS) is 31.6. The lowest BCUT2D eigenvalue weighted by Crippen LogP contribution is -2.40. The van der Waals surface area contributed by atoms with Gasteiger partial charge in [-0.3, -0.25) is 0 Å². The minimum Gasteiger partial charge on any atom is -0.377 e. The molecule has 3 heteroatoms. The molecule has 1 atom stereocenters. The maximum atomic E-state index is 5.87. The number of hydrogen-bond acceptors (Lipinski definition) is 2. The van der Waals surface area contributed by atoms with Gasteiger partial charge >= 0.3 is 0 Å². The molecule has 0 aromatic carbocycles. The summed E-state index contributed by atoms with van der Waals surface area (Å²) >= 11 is 5.87. The molecule has 1 heterocycles. The van der Waals surface area contributed by atoms with Crippen LogP contribution in [0, 0.1) is 0 Å². The first kappa shape index (κ1) is 9.75. The minimum atomic E-state index is 0.280. The zero-order valence-electron chi connectivity index (χ0n) is 8.02. The van der Waals surface area contributed by atoms with Gasteiger partial charge in [0.25, 0.3) is 0 Å². The van der Waals surface area contributed by atoms with Gasteiger partial charge in [0.1, 0.15) is 0 Å². The van der Waals surface area contributed by atoms with Crippen LogP contribution in [0.1, 0.15) is 32.1 Å². The monoisotopic (exact) mass is 203 g/mol. The first-order valence-electron chi connectivity index (χ1n) is 5.27. The van der Waals surface area contributed by atoms with Crippen molar-refractivity contribution in [3.63, 3.8) is 0 Å². The van der Waals surface area contributed by atoms with E-state index in [0.717, 1.165) is 19.0 Å². The van der Waals surface area contributed by atoms with Gasteiger partial charge in [-0.05, 0) is 32.1 Å². The van der Waals surface area contributed by atoms with Crippen LogP contribution in [-0.4, -0.2) is 30.7 Å². The number of ether oxygens (including phenoxy) is 1. The summed E-state index contributed by atoms with van der Waals surface area (Å²) in [5.74, 6) is 0.750. The first-order chi connectivity index (χ1) is 6.35. The molecule has 0 amide bonds. The molecule has 76 valence electrons. The summed E-state index contributed by atoms with van der Waals surface area (Å²) in [4.78, 5) is 0. The smallest absolute Gasteiger partial charge is 0.0699 e. The van der Waals surface area contributed by atoms with E-state index in [2.05, 4.69) is 5.32 Å². The predicted molar refractivity (Wildman–Crippen MR) is 54.3 cm³/mol. The highest BCUT2D eigenvalue weighted by Gasteiger charge is 2.41. The molecular formula is C10H18ClNO. The van der Waals surface area contributed by atoms with Crippen LogP contribution in [0.4, 0.5) is 0 Å². The van der Waals surface area contributed by atoms with Gasteiger partial charge in [0, 0.05) is 24.6 Å². The molecule has 2 aliphatic rings. The van der Waals surface area contributed by atoms with Gasteiger partial charge in [-0.2, -0.15) is 0 Å². The Morgan fingerprint density at radius 2 is 2.23 bits per heavy atom. The van der Waals surface area contributed by atoms with Crippen molar-refractivity contribution >= 4 is 11.6 Å². The second-order valence-corrected chi connectivity index (χ2v) is 4.55. The van der Waals surface area contributed by atoms with Crippen molar-refractivity contribution in [1.82, 2.24) is 5.32 Å². The third-order valence-electron chi connectivity index (χ3n) is 3.09. The van der Waals surface area contributed by atoms with Crippen molar-refractivity contribution in [3.05, 3.63) is 0 Å². The molecule has 0 radical (unpaired) electrons. The van der Waals surface area contributed by atoms with E-state index in [1.165, 1.54) is 32.1 Å². The zero-order valence-corrected chi connectivity index (χ0v) is 8.78. The van der Waals surface area contributed by atoms with Crippen molar-refractivity contribution < 1.29 is 4.74 Å². The van der Waals surface area contributed by atoms with Crippen LogP contribution in [0.5, 0.6) is 0 Å². The Labute approximate surface area is 85.0 Å². The third kappa shape index (κ3) is 2.58. The van der Waals surface area contributed by atoms with E-state index in [4.69, 9.17) is 16.3 Å².